The molecule has 0 unspecified atom stereocenters. The van der Waals surface area contributed by atoms with Crippen molar-refractivity contribution < 1.29 is 0 Å². The lowest BCUT2D eigenvalue weighted by Crippen LogP contribution is -2.36. The first-order valence-corrected chi connectivity index (χ1v) is 5.11. The summed E-state index contributed by atoms with van der Waals surface area (Å²) in [4.78, 5) is 2.46. The molecule has 0 radical (unpaired) electrons. The van der Waals surface area contributed by atoms with Gasteiger partial charge in [-0.15, -0.1) is 0 Å². The molecular formula is C10H12BrN. The Kier molecular flexibility index (Phi) is 2.47. The number of nitrogens with zero attached hydrogens (tertiary/aromatic N) is 1. The van der Waals surface area contributed by atoms with Crippen LogP contribution >= 0.6 is 15.9 Å². The lowest BCUT2D eigenvalue weighted by molar-refractivity contribution is 0.172. The smallest absolute Gasteiger partial charge is 0.0233 e. The highest BCUT2D eigenvalue weighted by Gasteiger charge is 2.12. The SMILES string of the molecule is Brc1ccc(CN2CCC2)cc1. The third-order valence-electron chi connectivity index (χ3n) is 2.27. The van der Waals surface area contributed by atoms with Gasteiger partial charge in [0.05, 0.1) is 0 Å². The first-order chi connectivity index (χ1) is 5.84. The molecule has 1 aliphatic rings. The van der Waals surface area contributed by atoms with Crippen molar-refractivity contribution >= 4 is 15.9 Å². The van der Waals surface area contributed by atoms with Gasteiger partial charge in [-0.2, -0.15) is 0 Å². The van der Waals surface area contributed by atoms with E-state index >= 15 is 0 Å². The predicted molar refractivity (Wildman–Crippen MR) is 54.0 cm³/mol. The summed E-state index contributed by atoms with van der Waals surface area (Å²) in [7, 11) is 0. The molecule has 0 atom stereocenters. The maximum absolute atomic E-state index is 3.43. The van der Waals surface area contributed by atoms with E-state index in [-0.39, 0.29) is 0 Å². The zero-order chi connectivity index (χ0) is 8.39. The first-order valence-electron chi connectivity index (χ1n) is 4.31. The summed E-state index contributed by atoms with van der Waals surface area (Å²) < 4.78 is 1.16. The van der Waals surface area contributed by atoms with E-state index in [4.69, 9.17) is 0 Å². The van der Waals surface area contributed by atoms with Crippen molar-refractivity contribution in [1.82, 2.24) is 4.90 Å². The second kappa shape index (κ2) is 3.58. The lowest BCUT2D eigenvalue weighted by Gasteiger charge is -2.30. The Bertz CT molecular complexity index is 251. The Balaban J connectivity index is 1.98. The van der Waals surface area contributed by atoms with Crippen LogP contribution in [0.1, 0.15) is 12.0 Å². The van der Waals surface area contributed by atoms with Crippen molar-refractivity contribution in [2.45, 2.75) is 13.0 Å². The van der Waals surface area contributed by atoms with Crippen LogP contribution in [0.15, 0.2) is 28.7 Å². The number of hydrogen-bond acceptors (Lipinski definition) is 1. The molecule has 2 rings (SSSR count). The van der Waals surface area contributed by atoms with Gasteiger partial charge in [0.25, 0.3) is 0 Å². The van der Waals surface area contributed by atoms with Crippen molar-refractivity contribution in [3.63, 3.8) is 0 Å². The third kappa shape index (κ3) is 1.87. The van der Waals surface area contributed by atoms with Crippen LogP contribution in [0.5, 0.6) is 0 Å². The molecular weight excluding hydrogens is 214 g/mol. The van der Waals surface area contributed by atoms with Gasteiger partial charge in [0, 0.05) is 11.0 Å². The molecule has 0 saturated carbocycles. The van der Waals surface area contributed by atoms with E-state index in [1.54, 1.807) is 0 Å². The Morgan fingerprint density at radius 2 is 1.83 bits per heavy atom. The van der Waals surface area contributed by atoms with Crippen LogP contribution in [0.2, 0.25) is 0 Å². The molecule has 1 heterocycles. The number of rotatable bonds is 2. The van der Waals surface area contributed by atoms with Crippen molar-refractivity contribution in [3.8, 4) is 0 Å². The Labute approximate surface area is 81.5 Å². The fourth-order valence-corrected chi connectivity index (χ4v) is 1.65. The maximum Gasteiger partial charge on any atom is 0.0233 e. The van der Waals surface area contributed by atoms with Crippen LogP contribution < -0.4 is 0 Å². The van der Waals surface area contributed by atoms with Gasteiger partial charge in [-0.05, 0) is 37.2 Å². The van der Waals surface area contributed by atoms with Gasteiger partial charge in [-0.3, -0.25) is 4.90 Å². The molecule has 1 fully saturated rings. The molecule has 0 aromatic heterocycles. The zero-order valence-electron chi connectivity index (χ0n) is 6.96. The van der Waals surface area contributed by atoms with E-state index in [1.807, 2.05) is 0 Å². The van der Waals surface area contributed by atoms with Crippen LogP contribution in [0.4, 0.5) is 0 Å². The molecule has 1 aromatic carbocycles. The molecule has 1 aliphatic heterocycles. The number of benzene rings is 1. The van der Waals surface area contributed by atoms with E-state index in [1.165, 1.54) is 25.1 Å². The van der Waals surface area contributed by atoms with Crippen LogP contribution in [-0.4, -0.2) is 18.0 Å². The van der Waals surface area contributed by atoms with E-state index in [0.29, 0.717) is 0 Å². The lowest BCUT2D eigenvalue weighted by atomic mass is 10.1. The van der Waals surface area contributed by atoms with Crippen molar-refractivity contribution in [2.75, 3.05) is 13.1 Å². The fourth-order valence-electron chi connectivity index (χ4n) is 1.39. The van der Waals surface area contributed by atoms with E-state index in [2.05, 4.69) is 45.1 Å². The maximum atomic E-state index is 3.43. The molecule has 0 amide bonds. The molecule has 0 bridgehead atoms. The molecule has 2 heteroatoms. The standard InChI is InChI=1S/C10H12BrN/c11-10-4-2-9(3-5-10)8-12-6-1-7-12/h2-5H,1,6-8H2. The van der Waals surface area contributed by atoms with Crippen molar-refractivity contribution in [2.24, 2.45) is 0 Å². The Hall–Kier alpha value is -0.340. The average molecular weight is 226 g/mol. The largest absolute Gasteiger partial charge is 0.299 e. The molecule has 12 heavy (non-hydrogen) atoms. The summed E-state index contributed by atoms with van der Waals surface area (Å²) >= 11 is 3.43. The second-order valence-corrected chi connectivity index (χ2v) is 4.17. The highest BCUT2D eigenvalue weighted by Crippen LogP contribution is 2.15. The first kappa shape index (κ1) is 8.27. The van der Waals surface area contributed by atoms with E-state index in [9.17, 15) is 0 Å². The van der Waals surface area contributed by atoms with Gasteiger partial charge in [-0.1, -0.05) is 28.1 Å². The summed E-state index contributed by atoms with van der Waals surface area (Å²) in [6.45, 7) is 3.67. The predicted octanol–water partition coefficient (Wildman–Crippen LogP) is 2.65. The van der Waals surface area contributed by atoms with Gasteiger partial charge in [0.15, 0.2) is 0 Å². The quantitative estimate of drug-likeness (QED) is 0.749. The summed E-state index contributed by atoms with van der Waals surface area (Å²) in [5.41, 5.74) is 1.41. The highest BCUT2D eigenvalue weighted by atomic mass is 79.9. The summed E-state index contributed by atoms with van der Waals surface area (Å²) in [6, 6.07) is 8.58. The van der Waals surface area contributed by atoms with Crippen molar-refractivity contribution in [1.29, 1.82) is 0 Å². The van der Waals surface area contributed by atoms with E-state index < -0.39 is 0 Å². The van der Waals surface area contributed by atoms with Gasteiger partial charge in [-0.25, -0.2) is 0 Å². The second-order valence-electron chi connectivity index (χ2n) is 3.26. The summed E-state index contributed by atoms with van der Waals surface area (Å²) in [5, 5.41) is 0. The third-order valence-corrected chi connectivity index (χ3v) is 2.80. The topological polar surface area (TPSA) is 3.24 Å². The van der Waals surface area contributed by atoms with Crippen LogP contribution in [0.25, 0.3) is 0 Å². The molecule has 0 spiro atoms. The average Bonchev–Trinajstić information content (AvgIpc) is 2.00. The molecule has 0 aliphatic carbocycles. The Morgan fingerprint density at radius 3 is 2.33 bits per heavy atom. The number of hydrogen-bond donors (Lipinski definition) is 0. The zero-order valence-corrected chi connectivity index (χ0v) is 8.55. The summed E-state index contributed by atoms with van der Waals surface area (Å²) in [6.07, 6.45) is 1.37. The number of halogens is 1. The minimum Gasteiger partial charge on any atom is -0.299 e. The number of likely N-dealkylation sites (tertiary alicyclic amines) is 1. The van der Waals surface area contributed by atoms with Gasteiger partial charge < -0.3 is 0 Å². The fraction of sp³-hybridized carbons (Fsp3) is 0.400. The van der Waals surface area contributed by atoms with Crippen molar-refractivity contribution in [3.05, 3.63) is 34.3 Å². The molecule has 1 nitrogen and oxygen atoms in total. The van der Waals surface area contributed by atoms with Crippen LogP contribution in [-0.2, 0) is 6.54 Å². The van der Waals surface area contributed by atoms with Gasteiger partial charge in [0.1, 0.15) is 0 Å². The molecule has 64 valence electrons. The monoisotopic (exact) mass is 225 g/mol. The molecule has 1 aromatic rings. The minimum absolute atomic E-state index is 1.12. The van der Waals surface area contributed by atoms with Crippen LogP contribution in [0, 0.1) is 0 Å². The molecule has 1 saturated heterocycles. The molecule has 0 N–H and O–H groups in total. The van der Waals surface area contributed by atoms with Gasteiger partial charge >= 0.3 is 0 Å². The highest BCUT2D eigenvalue weighted by molar-refractivity contribution is 9.10. The van der Waals surface area contributed by atoms with E-state index in [0.717, 1.165) is 11.0 Å². The minimum atomic E-state index is 1.12. The summed E-state index contributed by atoms with van der Waals surface area (Å²) in [5.74, 6) is 0. The normalized spacial score (nSPS) is 17.4. The van der Waals surface area contributed by atoms with Gasteiger partial charge in [0.2, 0.25) is 0 Å². The Morgan fingerprint density at radius 1 is 1.17 bits per heavy atom. The van der Waals surface area contributed by atoms with Crippen LogP contribution in [0.3, 0.4) is 0 Å².